The number of nitrogens with one attached hydrogen (secondary N) is 1. The maximum atomic E-state index is 9.31. The molecule has 0 aliphatic rings. The molecular weight excluding hydrogens is 258 g/mol. The van der Waals surface area contributed by atoms with Crippen molar-refractivity contribution in [2.24, 2.45) is 5.92 Å². The predicted octanol–water partition coefficient (Wildman–Crippen LogP) is 4.73. The van der Waals surface area contributed by atoms with Crippen LogP contribution >= 0.6 is 0 Å². The molecule has 110 valence electrons. The van der Waals surface area contributed by atoms with Gasteiger partial charge in [-0.2, -0.15) is 5.26 Å². The molecule has 3 heteroatoms. The number of fused-ring (bicyclic) bond motifs is 1. The molecule has 2 rings (SSSR count). The van der Waals surface area contributed by atoms with Crippen LogP contribution in [-0.2, 0) is 0 Å². The number of nitrogens with zero attached hydrogens (tertiary/aromatic N) is 2. The summed E-state index contributed by atoms with van der Waals surface area (Å²) < 4.78 is 0. The smallest absolute Gasteiger partial charge is 0.103 e. The summed E-state index contributed by atoms with van der Waals surface area (Å²) in [6, 6.07) is 10.5. The van der Waals surface area contributed by atoms with E-state index in [2.05, 4.69) is 37.1 Å². The number of aromatic nitrogens is 1. The Morgan fingerprint density at radius 1 is 1.19 bits per heavy atom. The molecule has 0 saturated heterocycles. The first kappa shape index (κ1) is 15.3. The van der Waals surface area contributed by atoms with Crippen molar-refractivity contribution < 1.29 is 0 Å². The highest BCUT2D eigenvalue weighted by Gasteiger charge is 2.11. The van der Waals surface area contributed by atoms with Crippen LogP contribution in [0.15, 0.2) is 30.5 Å². The highest BCUT2D eigenvalue weighted by atomic mass is 14.9. The minimum atomic E-state index is 0.349. The van der Waals surface area contributed by atoms with Gasteiger partial charge in [0.15, 0.2) is 0 Å². The molecule has 1 unspecified atom stereocenters. The van der Waals surface area contributed by atoms with Gasteiger partial charge in [-0.05, 0) is 25.3 Å². The average molecular weight is 281 g/mol. The third-order valence-electron chi connectivity index (χ3n) is 3.71. The maximum absolute atomic E-state index is 9.31. The monoisotopic (exact) mass is 281 g/mol. The summed E-state index contributed by atoms with van der Waals surface area (Å²) in [6.07, 6.45) is 5.22. The second-order valence-corrected chi connectivity index (χ2v) is 6.05. The molecule has 1 N–H and O–H groups in total. The third-order valence-corrected chi connectivity index (χ3v) is 3.71. The minimum Gasteiger partial charge on any atom is -0.381 e. The van der Waals surface area contributed by atoms with Crippen LogP contribution in [0.5, 0.6) is 0 Å². The Labute approximate surface area is 127 Å². The number of rotatable bonds is 6. The first-order chi connectivity index (χ1) is 10.1. The first-order valence-electron chi connectivity index (χ1n) is 7.66. The zero-order valence-corrected chi connectivity index (χ0v) is 13.1. The van der Waals surface area contributed by atoms with Gasteiger partial charge in [0.2, 0.25) is 0 Å². The third kappa shape index (κ3) is 3.95. The van der Waals surface area contributed by atoms with Gasteiger partial charge >= 0.3 is 0 Å². The zero-order chi connectivity index (χ0) is 15.2. The van der Waals surface area contributed by atoms with E-state index in [1.165, 1.54) is 12.8 Å². The molecule has 1 atom stereocenters. The average Bonchev–Trinajstić information content (AvgIpc) is 2.47. The molecule has 1 heterocycles. The van der Waals surface area contributed by atoms with Crippen LogP contribution in [0.4, 0.5) is 5.69 Å². The van der Waals surface area contributed by atoms with Crippen LogP contribution < -0.4 is 5.32 Å². The van der Waals surface area contributed by atoms with Gasteiger partial charge in [-0.25, -0.2) is 0 Å². The lowest BCUT2D eigenvalue weighted by Crippen LogP contribution is -2.16. The highest BCUT2D eigenvalue weighted by Crippen LogP contribution is 2.26. The van der Waals surface area contributed by atoms with Gasteiger partial charge in [-0.15, -0.1) is 0 Å². The second kappa shape index (κ2) is 7.08. The van der Waals surface area contributed by atoms with Crippen LogP contribution in [0.25, 0.3) is 10.9 Å². The SMILES string of the molecule is CC(C)CCCC(C)Nc1c(C#N)cnc2ccccc12. The van der Waals surface area contributed by atoms with Gasteiger partial charge in [0.1, 0.15) is 6.07 Å². The summed E-state index contributed by atoms with van der Waals surface area (Å²) in [7, 11) is 0. The van der Waals surface area contributed by atoms with E-state index in [1.54, 1.807) is 6.20 Å². The lowest BCUT2D eigenvalue weighted by Gasteiger charge is -2.18. The predicted molar refractivity (Wildman–Crippen MR) is 88.2 cm³/mol. The van der Waals surface area contributed by atoms with Gasteiger partial charge in [0, 0.05) is 17.6 Å². The summed E-state index contributed by atoms with van der Waals surface area (Å²) in [5.74, 6) is 0.744. The van der Waals surface area contributed by atoms with Gasteiger partial charge in [-0.1, -0.05) is 44.9 Å². The Morgan fingerprint density at radius 2 is 1.95 bits per heavy atom. The summed E-state index contributed by atoms with van der Waals surface area (Å²) in [4.78, 5) is 4.34. The van der Waals surface area contributed by atoms with Crippen molar-refractivity contribution >= 4 is 16.6 Å². The number of hydrogen-bond donors (Lipinski definition) is 1. The fourth-order valence-corrected chi connectivity index (χ4v) is 2.53. The van der Waals surface area contributed by atoms with Crippen molar-refractivity contribution in [3.05, 3.63) is 36.0 Å². The zero-order valence-electron chi connectivity index (χ0n) is 13.1. The van der Waals surface area contributed by atoms with E-state index >= 15 is 0 Å². The molecule has 21 heavy (non-hydrogen) atoms. The van der Waals surface area contributed by atoms with Gasteiger partial charge in [-0.3, -0.25) is 4.98 Å². The van der Waals surface area contributed by atoms with Gasteiger partial charge < -0.3 is 5.32 Å². The number of hydrogen-bond acceptors (Lipinski definition) is 3. The second-order valence-electron chi connectivity index (χ2n) is 6.05. The molecule has 1 aromatic carbocycles. The Morgan fingerprint density at radius 3 is 2.67 bits per heavy atom. The van der Waals surface area contributed by atoms with Crippen molar-refractivity contribution in [3.8, 4) is 6.07 Å². The lowest BCUT2D eigenvalue weighted by atomic mass is 10.0. The van der Waals surface area contributed by atoms with Crippen LogP contribution in [0.1, 0.15) is 45.6 Å². The van der Waals surface area contributed by atoms with E-state index in [0.717, 1.165) is 28.9 Å². The standard InChI is InChI=1S/C18H23N3/c1-13(2)7-6-8-14(3)21-18-15(11-19)12-20-17-10-5-4-9-16(17)18/h4-5,9-10,12-14H,6-8H2,1-3H3,(H,20,21). The van der Waals surface area contributed by atoms with Crippen LogP contribution in [0.3, 0.4) is 0 Å². The molecule has 0 amide bonds. The summed E-state index contributed by atoms with van der Waals surface area (Å²) >= 11 is 0. The fourth-order valence-electron chi connectivity index (χ4n) is 2.53. The van der Waals surface area contributed by atoms with E-state index in [1.807, 2.05) is 24.3 Å². The van der Waals surface area contributed by atoms with Gasteiger partial charge in [0.05, 0.1) is 16.8 Å². The van der Waals surface area contributed by atoms with Crippen molar-refractivity contribution in [2.45, 2.75) is 46.1 Å². The van der Waals surface area contributed by atoms with Crippen molar-refractivity contribution in [3.63, 3.8) is 0 Å². The van der Waals surface area contributed by atoms with E-state index in [4.69, 9.17) is 0 Å². The molecular formula is C18H23N3. The summed E-state index contributed by atoms with van der Waals surface area (Å²) in [5.41, 5.74) is 2.46. The maximum Gasteiger partial charge on any atom is 0.103 e. The molecule has 0 bridgehead atoms. The molecule has 0 aliphatic heterocycles. The molecule has 1 aromatic heterocycles. The normalized spacial score (nSPS) is 12.3. The molecule has 0 spiro atoms. The van der Waals surface area contributed by atoms with E-state index in [-0.39, 0.29) is 0 Å². The first-order valence-corrected chi connectivity index (χ1v) is 7.66. The van der Waals surface area contributed by atoms with E-state index in [9.17, 15) is 5.26 Å². The Hall–Kier alpha value is -2.08. The Balaban J connectivity index is 2.18. The fraction of sp³-hybridized carbons (Fsp3) is 0.444. The van der Waals surface area contributed by atoms with E-state index < -0.39 is 0 Å². The highest BCUT2D eigenvalue weighted by molar-refractivity contribution is 5.93. The number of nitriles is 1. The van der Waals surface area contributed by atoms with Gasteiger partial charge in [0.25, 0.3) is 0 Å². The number of benzene rings is 1. The number of para-hydroxylation sites is 1. The molecule has 3 nitrogen and oxygen atoms in total. The van der Waals surface area contributed by atoms with E-state index in [0.29, 0.717) is 11.6 Å². The Bertz CT molecular complexity index is 640. The van der Waals surface area contributed by atoms with Crippen molar-refractivity contribution in [1.82, 2.24) is 4.98 Å². The minimum absolute atomic E-state index is 0.349. The van der Waals surface area contributed by atoms with Crippen molar-refractivity contribution in [1.29, 1.82) is 5.26 Å². The number of anilines is 1. The number of pyridine rings is 1. The van der Waals surface area contributed by atoms with Crippen LogP contribution in [0.2, 0.25) is 0 Å². The summed E-state index contributed by atoms with van der Waals surface area (Å²) in [6.45, 7) is 6.68. The lowest BCUT2D eigenvalue weighted by molar-refractivity contribution is 0.520. The topological polar surface area (TPSA) is 48.7 Å². The molecule has 0 aliphatic carbocycles. The quantitative estimate of drug-likeness (QED) is 0.832. The van der Waals surface area contributed by atoms with Crippen LogP contribution in [-0.4, -0.2) is 11.0 Å². The molecule has 0 fully saturated rings. The molecule has 2 aromatic rings. The van der Waals surface area contributed by atoms with Crippen LogP contribution in [0, 0.1) is 17.2 Å². The molecule has 0 radical (unpaired) electrons. The Kier molecular flexibility index (Phi) is 5.16. The largest absolute Gasteiger partial charge is 0.381 e. The molecule has 0 saturated carbocycles. The summed E-state index contributed by atoms with van der Waals surface area (Å²) in [5, 5.41) is 13.8. The van der Waals surface area contributed by atoms with Crippen molar-refractivity contribution in [2.75, 3.05) is 5.32 Å².